The summed E-state index contributed by atoms with van der Waals surface area (Å²) in [4.78, 5) is 14.5. The Bertz CT molecular complexity index is 542. The Morgan fingerprint density at radius 3 is 2.88 bits per heavy atom. The molecule has 1 saturated heterocycles. The van der Waals surface area contributed by atoms with Gasteiger partial charge in [-0.2, -0.15) is 0 Å². The quantitative estimate of drug-likeness (QED) is 0.835. The zero-order valence-corrected chi connectivity index (χ0v) is 15.6. The number of benzene rings is 1. The Hall–Kier alpha value is -1.39. The number of nitrogens with one attached hydrogen (secondary N) is 1. The number of hydrogen-bond acceptors (Lipinski definition) is 3. The summed E-state index contributed by atoms with van der Waals surface area (Å²) in [7, 11) is 0. The molecule has 0 saturated carbocycles. The molecule has 0 aliphatic carbocycles. The van der Waals surface area contributed by atoms with E-state index in [1.165, 1.54) is 16.7 Å². The fourth-order valence-corrected chi connectivity index (χ4v) is 3.28. The maximum atomic E-state index is 12.1. The molecule has 0 bridgehead atoms. The molecule has 1 amide bonds. The van der Waals surface area contributed by atoms with Gasteiger partial charge in [0.2, 0.25) is 5.91 Å². The third-order valence-electron chi connectivity index (χ3n) is 4.49. The van der Waals surface area contributed by atoms with Crippen LogP contribution in [0.2, 0.25) is 0 Å². The van der Waals surface area contributed by atoms with Gasteiger partial charge in [-0.15, -0.1) is 0 Å². The average molecular weight is 332 g/mol. The first-order valence-corrected chi connectivity index (χ1v) is 9.11. The molecule has 1 N–H and O–H groups in total. The van der Waals surface area contributed by atoms with Crippen molar-refractivity contribution in [2.45, 2.75) is 46.6 Å². The number of hydrogen-bond donors (Lipinski definition) is 1. The van der Waals surface area contributed by atoms with Gasteiger partial charge in [0.15, 0.2) is 0 Å². The van der Waals surface area contributed by atoms with Gasteiger partial charge in [-0.3, -0.25) is 9.69 Å². The van der Waals surface area contributed by atoms with E-state index in [2.05, 4.69) is 56.1 Å². The van der Waals surface area contributed by atoms with Crippen LogP contribution >= 0.6 is 0 Å². The highest BCUT2D eigenvalue weighted by Crippen LogP contribution is 2.12. The van der Waals surface area contributed by atoms with E-state index < -0.39 is 0 Å². The predicted octanol–water partition coefficient (Wildman–Crippen LogP) is 2.71. The van der Waals surface area contributed by atoms with E-state index in [9.17, 15) is 4.79 Å². The second-order valence-corrected chi connectivity index (χ2v) is 7.38. The summed E-state index contributed by atoms with van der Waals surface area (Å²) in [6, 6.07) is 6.41. The Kier molecular flexibility index (Phi) is 7.25. The molecule has 1 atom stereocenters. The summed E-state index contributed by atoms with van der Waals surface area (Å²) in [5.74, 6) is 0.774. The van der Waals surface area contributed by atoms with Crippen molar-refractivity contribution in [1.82, 2.24) is 10.2 Å². The molecule has 1 aromatic carbocycles. The molecule has 134 valence electrons. The number of amides is 1. The number of nitrogens with zero attached hydrogens (tertiary/aromatic N) is 1. The van der Waals surface area contributed by atoms with Gasteiger partial charge >= 0.3 is 0 Å². The van der Waals surface area contributed by atoms with Crippen molar-refractivity contribution in [3.05, 3.63) is 34.9 Å². The second kappa shape index (κ2) is 9.19. The first-order chi connectivity index (χ1) is 11.4. The van der Waals surface area contributed by atoms with Crippen molar-refractivity contribution in [2.24, 2.45) is 5.92 Å². The molecule has 1 aliphatic rings. The smallest absolute Gasteiger partial charge is 0.220 e. The maximum Gasteiger partial charge on any atom is 0.220 e. The lowest BCUT2D eigenvalue weighted by Gasteiger charge is -2.33. The zero-order valence-electron chi connectivity index (χ0n) is 15.6. The molecule has 1 unspecified atom stereocenters. The molecule has 1 fully saturated rings. The molecule has 0 aromatic heterocycles. The van der Waals surface area contributed by atoms with Gasteiger partial charge in [-0.25, -0.2) is 0 Å². The third-order valence-corrected chi connectivity index (χ3v) is 4.49. The summed E-state index contributed by atoms with van der Waals surface area (Å²) in [6.07, 6.45) is 1.44. The first-order valence-electron chi connectivity index (χ1n) is 9.11. The van der Waals surface area contributed by atoms with Crippen LogP contribution in [-0.4, -0.2) is 49.7 Å². The fourth-order valence-electron chi connectivity index (χ4n) is 3.28. The van der Waals surface area contributed by atoms with Crippen molar-refractivity contribution >= 4 is 5.91 Å². The van der Waals surface area contributed by atoms with Gasteiger partial charge in [0.05, 0.1) is 12.7 Å². The standard InChI is InChI=1S/C20H32N2O2/c1-15(2)13-22-9-10-24-19(14-22)12-21-20(23)8-7-18-6-5-16(3)11-17(18)4/h5-6,11,15,19H,7-10,12-14H2,1-4H3,(H,21,23). The van der Waals surface area contributed by atoms with E-state index >= 15 is 0 Å². The van der Waals surface area contributed by atoms with Gasteiger partial charge in [0.25, 0.3) is 0 Å². The molecule has 4 heteroatoms. The van der Waals surface area contributed by atoms with E-state index in [4.69, 9.17) is 4.74 Å². The zero-order chi connectivity index (χ0) is 17.5. The van der Waals surface area contributed by atoms with Gasteiger partial charge in [0, 0.05) is 32.6 Å². The molecule has 0 radical (unpaired) electrons. The van der Waals surface area contributed by atoms with Crippen LogP contribution in [0.25, 0.3) is 0 Å². The Morgan fingerprint density at radius 2 is 2.17 bits per heavy atom. The highest BCUT2D eigenvalue weighted by atomic mass is 16.5. The summed E-state index contributed by atoms with van der Waals surface area (Å²) in [6.45, 7) is 13.1. The number of aryl methyl sites for hydroxylation is 3. The van der Waals surface area contributed by atoms with E-state index in [0.29, 0.717) is 18.9 Å². The Morgan fingerprint density at radius 1 is 1.38 bits per heavy atom. The topological polar surface area (TPSA) is 41.6 Å². The average Bonchev–Trinajstić information content (AvgIpc) is 2.52. The van der Waals surface area contributed by atoms with E-state index in [1.54, 1.807) is 0 Å². The Balaban J connectivity index is 1.71. The minimum Gasteiger partial charge on any atom is -0.374 e. The van der Waals surface area contributed by atoms with E-state index in [-0.39, 0.29) is 12.0 Å². The van der Waals surface area contributed by atoms with Crippen LogP contribution in [0.15, 0.2) is 18.2 Å². The van der Waals surface area contributed by atoms with Crippen LogP contribution in [0.5, 0.6) is 0 Å². The van der Waals surface area contributed by atoms with Gasteiger partial charge in [-0.1, -0.05) is 37.6 Å². The van der Waals surface area contributed by atoms with Gasteiger partial charge in [0.1, 0.15) is 0 Å². The summed E-state index contributed by atoms with van der Waals surface area (Å²) in [5.41, 5.74) is 3.79. The number of rotatable bonds is 7. The van der Waals surface area contributed by atoms with Crippen LogP contribution in [0.4, 0.5) is 0 Å². The van der Waals surface area contributed by atoms with Crippen molar-refractivity contribution in [2.75, 3.05) is 32.8 Å². The predicted molar refractivity (Wildman–Crippen MR) is 98.3 cm³/mol. The van der Waals surface area contributed by atoms with Crippen molar-refractivity contribution < 1.29 is 9.53 Å². The lowest BCUT2D eigenvalue weighted by atomic mass is 10.0. The largest absolute Gasteiger partial charge is 0.374 e. The van der Waals surface area contributed by atoms with Crippen LogP contribution in [0, 0.1) is 19.8 Å². The van der Waals surface area contributed by atoms with Gasteiger partial charge < -0.3 is 10.1 Å². The number of carbonyl (C=O) groups excluding carboxylic acids is 1. The van der Waals surface area contributed by atoms with Crippen LogP contribution < -0.4 is 5.32 Å². The molecule has 1 heterocycles. The normalized spacial score (nSPS) is 18.8. The fraction of sp³-hybridized carbons (Fsp3) is 0.650. The molecular formula is C20H32N2O2. The minimum absolute atomic E-state index is 0.111. The monoisotopic (exact) mass is 332 g/mol. The second-order valence-electron chi connectivity index (χ2n) is 7.38. The number of morpholine rings is 1. The van der Waals surface area contributed by atoms with E-state index in [0.717, 1.165) is 32.7 Å². The summed E-state index contributed by atoms with van der Waals surface area (Å²) >= 11 is 0. The summed E-state index contributed by atoms with van der Waals surface area (Å²) in [5, 5.41) is 3.04. The van der Waals surface area contributed by atoms with Crippen molar-refractivity contribution in [1.29, 1.82) is 0 Å². The highest BCUT2D eigenvalue weighted by Gasteiger charge is 2.21. The first kappa shape index (κ1) is 18.9. The van der Waals surface area contributed by atoms with Crippen LogP contribution in [0.1, 0.15) is 37.0 Å². The molecular weight excluding hydrogens is 300 g/mol. The third kappa shape index (κ3) is 6.25. The van der Waals surface area contributed by atoms with Crippen LogP contribution in [-0.2, 0) is 16.0 Å². The maximum absolute atomic E-state index is 12.1. The van der Waals surface area contributed by atoms with E-state index in [1.807, 2.05) is 0 Å². The highest BCUT2D eigenvalue weighted by molar-refractivity contribution is 5.76. The minimum atomic E-state index is 0.111. The lowest BCUT2D eigenvalue weighted by Crippen LogP contribution is -2.48. The SMILES string of the molecule is Cc1ccc(CCC(=O)NCC2CN(CC(C)C)CCO2)c(C)c1. The Labute approximate surface area is 146 Å². The molecule has 4 nitrogen and oxygen atoms in total. The van der Waals surface area contributed by atoms with Crippen molar-refractivity contribution in [3.63, 3.8) is 0 Å². The van der Waals surface area contributed by atoms with Crippen LogP contribution in [0.3, 0.4) is 0 Å². The van der Waals surface area contributed by atoms with Crippen molar-refractivity contribution in [3.8, 4) is 0 Å². The van der Waals surface area contributed by atoms with Gasteiger partial charge in [-0.05, 0) is 37.3 Å². The lowest BCUT2D eigenvalue weighted by molar-refractivity contribution is -0.122. The molecule has 0 spiro atoms. The molecule has 1 aliphatic heterocycles. The molecule has 1 aromatic rings. The number of carbonyl (C=O) groups is 1. The number of ether oxygens (including phenoxy) is 1. The molecule has 24 heavy (non-hydrogen) atoms. The molecule has 2 rings (SSSR count). The summed E-state index contributed by atoms with van der Waals surface area (Å²) < 4.78 is 5.78.